The maximum atomic E-state index is 13.2. The van der Waals surface area contributed by atoms with Gasteiger partial charge in [-0.05, 0) is 43.6 Å². The average molecular weight is 441 g/mol. The fourth-order valence-corrected chi connectivity index (χ4v) is 5.30. The maximum absolute atomic E-state index is 13.2. The van der Waals surface area contributed by atoms with E-state index in [1.807, 2.05) is 47.8 Å². The normalized spacial score (nSPS) is 15.1. The van der Waals surface area contributed by atoms with Gasteiger partial charge < -0.3 is 10.6 Å². The van der Waals surface area contributed by atoms with Crippen molar-refractivity contribution >= 4 is 39.6 Å². The summed E-state index contributed by atoms with van der Waals surface area (Å²) in [6, 6.07) is 13.6. The van der Waals surface area contributed by atoms with Crippen LogP contribution in [0.2, 0.25) is 0 Å². The smallest absolute Gasteiger partial charge is 0.248 e. The van der Waals surface area contributed by atoms with Crippen LogP contribution in [0.1, 0.15) is 36.2 Å². The minimum atomic E-state index is -0.299. The van der Waals surface area contributed by atoms with Crippen LogP contribution in [0.15, 0.2) is 47.8 Å². The van der Waals surface area contributed by atoms with Gasteiger partial charge in [-0.15, -0.1) is 22.7 Å². The number of nitrogens with one attached hydrogen (secondary N) is 2. The zero-order chi connectivity index (χ0) is 20.9. The number of hydrogen-bond acceptors (Lipinski definition) is 6. The molecule has 30 heavy (non-hydrogen) atoms. The number of nitrogens with zero attached hydrogens (tertiary/aromatic N) is 2. The molecule has 0 radical (unpaired) electrons. The van der Waals surface area contributed by atoms with E-state index in [0.29, 0.717) is 11.7 Å². The second-order valence-electron chi connectivity index (χ2n) is 7.26. The largest absolute Gasteiger partial charge is 0.351 e. The minimum absolute atomic E-state index is 0.0403. The van der Waals surface area contributed by atoms with Crippen LogP contribution in [0.4, 0.5) is 5.13 Å². The maximum Gasteiger partial charge on any atom is 0.248 e. The predicted octanol–water partition coefficient (Wildman–Crippen LogP) is 4.28. The minimum Gasteiger partial charge on any atom is -0.351 e. The van der Waals surface area contributed by atoms with Crippen LogP contribution in [-0.2, 0) is 16.1 Å². The molecule has 1 unspecified atom stereocenters. The summed E-state index contributed by atoms with van der Waals surface area (Å²) in [5, 5.41) is 8.39. The van der Waals surface area contributed by atoms with Gasteiger partial charge in [-0.1, -0.05) is 30.3 Å². The molecule has 0 spiro atoms. The second kappa shape index (κ2) is 9.51. The molecule has 4 rings (SSSR count). The SMILES string of the molecule is CC(=O)NCc1ccc(-c2csc(NC(=O)C(c3ccccc3)N3CCCC3)n2)s1. The molecule has 3 heterocycles. The molecular formula is C22H24N4O2S2. The standard InChI is InChI=1S/C22H24N4O2S2/c1-15(27)23-13-17-9-10-19(30-17)18-14-29-22(24-18)25-21(28)20(26-11-5-6-12-26)16-7-3-2-4-8-16/h2-4,7-10,14,20H,5-6,11-13H2,1H3,(H,23,27)(H,24,25,28). The van der Waals surface area contributed by atoms with Crippen LogP contribution < -0.4 is 10.6 Å². The number of thiophene rings is 1. The summed E-state index contributed by atoms with van der Waals surface area (Å²) < 4.78 is 0. The lowest BCUT2D eigenvalue weighted by atomic mass is 10.1. The van der Waals surface area contributed by atoms with Crippen molar-refractivity contribution in [1.29, 1.82) is 0 Å². The molecule has 1 fully saturated rings. The van der Waals surface area contributed by atoms with E-state index in [2.05, 4.69) is 20.5 Å². The molecule has 0 aliphatic carbocycles. The Morgan fingerprint density at radius 2 is 1.90 bits per heavy atom. The highest BCUT2D eigenvalue weighted by Crippen LogP contribution is 2.32. The van der Waals surface area contributed by atoms with Gasteiger partial charge in [-0.25, -0.2) is 4.98 Å². The predicted molar refractivity (Wildman–Crippen MR) is 122 cm³/mol. The third kappa shape index (κ3) is 4.95. The van der Waals surface area contributed by atoms with Crippen molar-refractivity contribution in [2.24, 2.45) is 0 Å². The summed E-state index contributed by atoms with van der Waals surface area (Å²) in [5.41, 5.74) is 1.85. The van der Waals surface area contributed by atoms with Crippen LogP contribution in [-0.4, -0.2) is 34.8 Å². The van der Waals surface area contributed by atoms with Crippen molar-refractivity contribution in [1.82, 2.24) is 15.2 Å². The summed E-state index contributed by atoms with van der Waals surface area (Å²) >= 11 is 3.02. The van der Waals surface area contributed by atoms with E-state index < -0.39 is 0 Å². The molecule has 2 aromatic heterocycles. The number of aromatic nitrogens is 1. The van der Waals surface area contributed by atoms with Gasteiger partial charge >= 0.3 is 0 Å². The molecule has 6 nitrogen and oxygen atoms in total. The van der Waals surface area contributed by atoms with Crippen molar-refractivity contribution in [3.05, 3.63) is 58.3 Å². The molecule has 1 atom stereocenters. The second-order valence-corrected chi connectivity index (χ2v) is 9.29. The molecular weight excluding hydrogens is 416 g/mol. The molecule has 0 saturated carbocycles. The Morgan fingerprint density at radius 3 is 2.63 bits per heavy atom. The number of anilines is 1. The highest BCUT2D eigenvalue weighted by Gasteiger charge is 2.30. The number of likely N-dealkylation sites (tertiary alicyclic amines) is 1. The first kappa shape index (κ1) is 20.7. The van der Waals surface area contributed by atoms with E-state index in [4.69, 9.17) is 0 Å². The first-order valence-electron chi connectivity index (χ1n) is 9.99. The molecule has 156 valence electrons. The van der Waals surface area contributed by atoms with Gasteiger partial charge in [0, 0.05) is 17.2 Å². The van der Waals surface area contributed by atoms with E-state index in [1.165, 1.54) is 18.3 Å². The monoisotopic (exact) mass is 440 g/mol. The summed E-state index contributed by atoms with van der Waals surface area (Å²) in [6.07, 6.45) is 2.24. The topological polar surface area (TPSA) is 74.3 Å². The number of amides is 2. The Bertz CT molecular complexity index is 1010. The Labute approximate surface area is 184 Å². The van der Waals surface area contributed by atoms with Crippen molar-refractivity contribution in [2.45, 2.75) is 32.4 Å². The highest BCUT2D eigenvalue weighted by atomic mass is 32.1. The molecule has 3 aromatic rings. The third-order valence-corrected chi connectivity index (χ3v) is 6.89. The molecule has 2 N–H and O–H groups in total. The van der Waals surface area contributed by atoms with E-state index in [0.717, 1.165) is 46.9 Å². The van der Waals surface area contributed by atoms with Crippen LogP contribution in [0.25, 0.3) is 10.6 Å². The number of benzene rings is 1. The number of carbonyl (C=O) groups is 2. The van der Waals surface area contributed by atoms with Crippen molar-refractivity contribution in [3.63, 3.8) is 0 Å². The molecule has 1 aromatic carbocycles. The number of rotatable bonds is 7. The Morgan fingerprint density at radius 1 is 1.13 bits per heavy atom. The summed E-state index contributed by atoms with van der Waals surface area (Å²) in [6.45, 7) is 3.89. The molecule has 8 heteroatoms. The van der Waals surface area contributed by atoms with E-state index in [9.17, 15) is 9.59 Å². The number of carbonyl (C=O) groups excluding carboxylic acids is 2. The van der Waals surface area contributed by atoms with Gasteiger partial charge in [-0.2, -0.15) is 0 Å². The van der Waals surface area contributed by atoms with E-state index >= 15 is 0 Å². The summed E-state index contributed by atoms with van der Waals surface area (Å²) in [5.74, 6) is -0.0869. The van der Waals surface area contributed by atoms with Crippen molar-refractivity contribution in [3.8, 4) is 10.6 Å². The average Bonchev–Trinajstić information content (AvgIpc) is 3.49. The van der Waals surface area contributed by atoms with Gasteiger partial charge in [0.15, 0.2) is 5.13 Å². The lowest BCUT2D eigenvalue weighted by Crippen LogP contribution is -2.35. The third-order valence-electron chi connectivity index (χ3n) is 5.03. The lowest BCUT2D eigenvalue weighted by Gasteiger charge is -2.26. The number of thiazole rings is 1. The van der Waals surface area contributed by atoms with Gasteiger partial charge in [0.05, 0.1) is 17.1 Å². The zero-order valence-electron chi connectivity index (χ0n) is 16.8. The lowest BCUT2D eigenvalue weighted by molar-refractivity contribution is -0.121. The number of hydrogen-bond donors (Lipinski definition) is 2. The Balaban J connectivity index is 1.47. The summed E-state index contributed by atoms with van der Waals surface area (Å²) in [4.78, 5) is 33.2. The van der Waals surface area contributed by atoms with Gasteiger partial charge in [0.2, 0.25) is 11.8 Å². The molecule has 0 bridgehead atoms. The van der Waals surface area contributed by atoms with Crippen LogP contribution in [0, 0.1) is 0 Å². The van der Waals surface area contributed by atoms with Gasteiger partial charge in [0.25, 0.3) is 0 Å². The van der Waals surface area contributed by atoms with Crippen LogP contribution in [0.5, 0.6) is 0 Å². The highest BCUT2D eigenvalue weighted by molar-refractivity contribution is 7.17. The molecule has 1 aliphatic heterocycles. The Kier molecular flexibility index (Phi) is 6.56. The summed E-state index contributed by atoms with van der Waals surface area (Å²) in [7, 11) is 0. The van der Waals surface area contributed by atoms with Crippen molar-refractivity contribution in [2.75, 3.05) is 18.4 Å². The van der Waals surface area contributed by atoms with E-state index in [1.54, 1.807) is 11.3 Å². The van der Waals surface area contributed by atoms with Crippen molar-refractivity contribution < 1.29 is 9.59 Å². The van der Waals surface area contributed by atoms with Crippen LogP contribution >= 0.6 is 22.7 Å². The Hall–Kier alpha value is -2.55. The molecule has 1 saturated heterocycles. The molecule has 1 aliphatic rings. The zero-order valence-corrected chi connectivity index (χ0v) is 18.4. The van der Waals surface area contributed by atoms with Crippen LogP contribution in [0.3, 0.4) is 0 Å². The van der Waals surface area contributed by atoms with Gasteiger partial charge in [-0.3, -0.25) is 14.5 Å². The first-order valence-corrected chi connectivity index (χ1v) is 11.7. The fourth-order valence-electron chi connectivity index (χ4n) is 3.60. The van der Waals surface area contributed by atoms with Gasteiger partial charge in [0.1, 0.15) is 6.04 Å². The quantitative estimate of drug-likeness (QED) is 0.575. The fraction of sp³-hybridized carbons (Fsp3) is 0.318. The molecule has 2 amide bonds. The van der Waals surface area contributed by atoms with E-state index in [-0.39, 0.29) is 17.9 Å². The first-order chi connectivity index (χ1) is 14.6.